The highest BCUT2D eigenvalue weighted by atomic mass is 15.1. The minimum atomic E-state index is -0.442. The topological polar surface area (TPSA) is 3.24 Å². The van der Waals surface area contributed by atoms with Crippen LogP contribution in [-0.4, -0.2) is 0 Å². The van der Waals surface area contributed by atoms with Gasteiger partial charge < -0.3 is 4.90 Å². The summed E-state index contributed by atoms with van der Waals surface area (Å²) in [5, 5.41) is 0. The Kier molecular flexibility index (Phi) is 8.47. The van der Waals surface area contributed by atoms with E-state index in [2.05, 4.69) is 254 Å². The molecule has 0 bridgehead atoms. The second-order valence-corrected chi connectivity index (χ2v) is 16.4. The average molecular weight is 788 g/mol. The molecular weight excluding hydrogens is 747 g/mol. The molecule has 62 heavy (non-hydrogen) atoms. The fourth-order valence-corrected chi connectivity index (χ4v) is 10.4. The number of hydrogen-bond acceptors (Lipinski definition) is 1. The summed E-state index contributed by atoms with van der Waals surface area (Å²) in [6.45, 7) is 0. The van der Waals surface area contributed by atoms with Crippen molar-refractivity contribution in [1.82, 2.24) is 0 Å². The molecule has 0 N–H and O–H groups in total. The number of fused-ring (bicyclic) bond motifs is 10. The molecule has 0 saturated carbocycles. The molecule has 0 heterocycles. The molecule has 10 aromatic carbocycles. The third-order valence-electron chi connectivity index (χ3n) is 13.1. The van der Waals surface area contributed by atoms with Crippen LogP contribution in [0.1, 0.15) is 22.3 Å². The van der Waals surface area contributed by atoms with Crippen LogP contribution in [0.3, 0.4) is 0 Å². The van der Waals surface area contributed by atoms with E-state index in [9.17, 15) is 0 Å². The van der Waals surface area contributed by atoms with Crippen LogP contribution in [0.4, 0.5) is 17.1 Å². The normalized spacial score (nSPS) is 12.6. The molecular formula is C61H41N. The monoisotopic (exact) mass is 787 g/mol. The van der Waals surface area contributed by atoms with Crippen LogP contribution in [0.5, 0.6) is 0 Å². The molecule has 0 aromatic heterocycles. The standard InChI is InChI=1S/C61H41N/c1-4-17-42(18-5-1)43-31-33-44(34-32-43)45-35-37-48(38-36-45)62(49-39-40-50(46-19-6-2-7-20-46)54(41-49)47-21-8-3-9-22-47)59-30-16-29-58-60(59)53-25-12-15-28-57(53)61(58)55-26-13-10-23-51(55)52-24-11-14-27-56(52)61/h1-41H. The minimum Gasteiger partial charge on any atom is -0.310 e. The summed E-state index contributed by atoms with van der Waals surface area (Å²) in [5.74, 6) is 0. The summed E-state index contributed by atoms with van der Waals surface area (Å²) < 4.78 is 0. The first-order valence-corrected chi connectivity index (χ1v) is 21.5. The van der Waals surface area contributed by atoms with Gasteiger partial charge in [0.15, 0.2) is 0 Å². The van der Waals surface area contributed by atoms with Crippen molar-refractivity contribution in [2.45, 2.75) is 5.41 Å². The van der Waals surface area contributed by atoms with E-state index in [-0.39, 0.29) is 0 Å². The van der Waals surface area contributed by atoms with Gasteiger partial charge in [-0.15, -0.1) is 0 Å². The lowest BCUT2D eigenvalue weighted by Gasteiger charge is -2.32. The van der Waals surface area contributed by atoms with Gasteiger partial charge in [-0.1, -0.05) is 218 Å². The van der Waals surface area contributed by atoms with Gasteiger partial charge in [0, 0.05) is 16.9 Å². The van der Waals surface area contributed by atoms with E-state index in [0.717, 1.165) is 17.1 Å². The second kappa shape index (κ2) is 14.6. The van der Waals surface area contributed by atoms with Crippen LogP contribution in [0.25, 0.3) is 66.8 Å². The van der Waals surface area contributed by atoms with Gasteiger partial charge in [0.05, 0.1) is 11.1 Å². The lowest BCUT2D eigenvalue weighted by atomic mass is 9.70. The third-order valence-corrected chi connectivity index (χ3v) is 13.1. The molecule has 2 aliphatic rings. The number of hydrogen-bond donors (Lipinski definition) is 0. The lowest BCUT2D eigenvalue weighted by molar-refractivity contribution is 0.794. The maximum Gasteiger partial charge on any atom is 0.0726 e. The van der Waals surface area contributed by atoms with E-state index in [1.54, 1.807) is 0 Å². The Morgan fingerprint density at radius 2 is 0.645 bits per heavy atom. The summed E-state index contributed by atoms with van der Waals surface area (Å²) in [7, 11) is 0. The molecule has 1 heteroatoms. The van der Waals surface area contributed by atoms with E-state index in [1.165, 1.54) is 89.0 Å². The highest BCUT2D eigenvalue weighted by Crippen LogP contribution is 2.64. The minimum absolute atomic E-state index is 0.442. The largest absolute Gasteiger partial charge is 0.310 e. The van der Waals surface area contributed by atoms with Gasteiger partial charge in [-0.25, -0.2) is 0 Å². The Hall–Kier alpha value is -8.00. The molecule has 0 fully saturated rings. The highest BCUT2D eigenvalue weighted by Gasteiger charge is 2.52. The van der Waals surface area contributed by atoms with Gasteiger partial charge in [-0.3, -0.25) is 0 Å². The molecule has 1 spiro atoms. The molecule has 1 nitrogen and oxygen atoms in total. The SMILES string of the molecule is c1ccc(-c2ccc(-c3ccc(N(c4ccc(-c5ccccc5)c(-c5ccccc5)c4)c4cccc5c4-c4ccccc4C54c5ccccc5-c5ccccc54)cc3)cc2)cc1. The van der Waals surface area contributed by atoms with Crippen LogP contribution in [-0.2, 0) is 5.41 Å². The second-order valence-electron chi connectivity index (χ2n) is 16.4. The molecule has 2 aliphatic carbocycles. The summed E-state index contributed by atoms with van der Waals surface area (Å²) in [6, 6.07) is 91.4. The van der Waals surface area contributed by atoms with E-state index >= 15 is 0 Å². The van der Waals surface area contributed by atoms with E-state index in [4.69, 9.17) is 0 Å². The smallest absolute Gasteiger partial charge is 0.0726 e. The zero-order chi connectivity index (χ0) is 41.0. The third kappa shape index (κ3) is 5.56. The van der Waals surface area contributed by atoms with Crippen molar-refractivity contribution in [2.75, 3.05) is 4.90 Å². The molecule has 12 rings (SSSR count). The lowest BCUT2D eigenvalue weighted by Crippen LogP contribution is -2.26. The zero-order valence-corrected chi connectivity index (χ0v) is 34.1. The van der Waals surface area contributed by atoms with E-state index in [0.29, 0.717) is 0 Å². The van der Waals surface area contributed by atoms with E-state index in [1.807, 2.05) is 0 Å². The van der Waals surface area contributed by atoms with Gasteiger partial charge >= 0.3 is 0 Å². The molecule has 0 unspecified atom stereocenters. The first-order valence-electron chi connectivity index (χ1n) is 21.5. The van der Waals surface area contributed by atoms with Crippen molar-refractivity contribution in [3.8, 4) is 66.8 Å². The van der Waals surface area contributed by atoms with Crippen LogP contribution in [0, 0.1) is 0 Å². The van der Waals surface area contributed by atoms with Crippen LogP contribution < -0.4 is 4.90 Å². The predicted molar refractivity (Wildman–Crippen MR) is 259 cm³/mol. The summed E-state index contributed by atoms with van der Waals surface area (Å²) in [5.41, 5.74) is 23.0. The average Bonchev–Trinajstić information content (AvgIpc) is 3.83. The Bertz CT molecular complexity index is 3210. The van der Waals surface area contributed by atoms with Gasteiger partial charge in [0.2, 0.25) is 0 Å². The van der Waals surface area contributed by atoms with Crippen LogP contribution in [0.2, 0.25) is 0 Å². The Morgan fingerprint density at radius 3 is 1.21 bits per heavy atom. The van der Waals surface area contributed by atoms with Crippen LogP contribution in [0.15, 0.2) is 249 Å². The molecule has 0 aliphatic heterocycles. The highest BCUT2D eigenvalue weighted by molar-refractivity contribution is 6.01. The zero-order valence-electron chi connectivity index (χ0n) is 34.1. The number of benzene rings is 10. The first kappa shape index (κ1) is 35.9. The summed E-state index contributed by atoms with van der Waals surface area (Å²) in [4.78, 5) is 2.49. The predicted octanol–water partition coefficient (Wildman–Crippen LogP) is 16.2. The van der Waals surface area contributed by atoms with Crippen molar-refractivity contribution >= 4 is 17.1 Å². The fraction of sp³-hybridized carbons (Fsp3) is 0.0164. The first-order chi connectivity index (χ1) is 30.8. The van der Waals surface area contributed by atoms with Crippen molar-refractivity contribution < 1.29 is 0 Å². The quantitative estimate of drug-likeness (QED) is 0.155. The van der Waals surface area contributed by atoms with Crippen LogP contribution >= 0.6 is 0 Å². The van der Waals surface area contributed by atoms with Crippen molar-refractivity contribution in [1.29, 1.82) is 0 Å². The molecule has 290 valence electrons. The number of nitrogens with zero attached hydrogens (tertiary/aromatic N) is 1. The molecule has 10 aromatic rings. The van der Waals surface area contributed by atoms with Gasteiger partial charge in [-0.2, -0.15) is 0 Å². The number of anilines is 3. The van der Waals surface area contributed by atoms with E-state index < -0.39 is 5.41 Å². The Balaban J connectivity index is 1.08. The number of rotatable bonds is 7. The maximum absolute atomic E-state index is 2.49. The summed E-state index contributed by atoms with van der Waals surface area (Å²) in [6.07, 6.45) is 0. The maximum atomic E-state index is 2.49. The molecule has 0 amide bonds. The van der Waals surface area contributed by atoms with Gasteiger partial charge in [0.25, 0.3) is 0 Å². The molecule has 0 radical (unpaired) electrons. The van der Waals surface area contributed by atoms with Crippen molar-refractivity contribution in [2.24, 2.45) is 0 Å². The van der Waals surface area contributed by atoms with Crippen molar-refractivity contribution in [3.63, 3.8) is 0 Å². The molecule has 0 saturated heterocycles. The van der Waals surface area contributed by atoms with Gasteiger partial charge in [0.1, 0.15) is 0 Å². The molecule has 0 atom stereocenters. The fourth-order valence-electron chi connectivity index (χ4n) is 10.4. The Labute approximate surface area is 363 Å². The van der Waals surface area contributed by atoms with Gasteiger partial charge in [-0.05, 0) is 114 Å². The summed E-state index contributed by atoms with van der Waals surface area (Å²) >= 11 is 0. The Morgan fingerprint density at radius 1 is 0.242 bits per heavy atom. The van der Waals surface area contributed by atoms with Crippen molar-refractivity contribution in [3.05, 3.63) is 271 Å².